The third kappa shape index (κ3) is 5.97. The van der Waals surface area contributed by atoms with Crippen molar-refractivity contribution in [2.45, 2.75) is 64.1 Å². The lowest BCUT2D eigenvalue weighted by Crippen LogP contribution is -2.58. The number of rotatable bonds is 11. The first-order valence-corrected chi connectivity index (χ1v) is 14.9. The quantitative estimate of drug-likeness (QED) is 0.263. The maximum Gasteiger partial charge on any atom is 0.262 e. The highest BCUT2D eigenvalue weighted by Gasteiger charge is 2.45. The fourth-order valence-corrected chi connectivity index (χ4v) is 5.96. The van der Waals surface area contributed by atoms with Crippen LogP contribution in [0.1, 0.15) is 71.3 Å². The Hall–Kier alpha value is -5.40. The molecule has 3 N–H and O–H groups in total. The second-order valence-electron chi connectivity index (χ2n) is 11.6. The van der Waals surface area contributed by atoms with Crippen LogP contribution in [0.4, 0.5) is 0 Å². The standard InChI is InChI=1S/C32H35N7O7/c1-5-22-23(36-37-35-22)16-38(27(29(43)33-4)32(2,3)18-9-7-6-8-10-18)26(41)17-46-19-11-12-20-21(15-19)31(45)39(30(20)44)24-13-14-25(40)34-28(24)42/h6-12,15,24,27H,5,13-14,16-17H2,1-4H3,(H,33,43)(H,34,40,42)(H,35,36,37). The Balaban J connectivity index is 1.41. The van der Waals surface area contributed by atoms with Crippen LogP contribution in [-0.4, -0.2) is 86.4 Å². The van der Waals surface area contributed by atoms with E-state index in [0.717, 1.165) is 10.5 Å². The molecule has 46 heavy (non-hydrogen) atoms. The van der Waals surface area contributed by atoms with Gasteiger partial charge >= 0.3 is 0 Å². The first-order valence-electron chi connectivity index (χ1n) is 14.9. The van der Waals surface area contributed by atoms with Gasteiger partial charge in [0.05, 0.1) is 23.4 Å². The zero-order valence-electron chi connectivity index (χ0n) is 26.0. The fraction of sp³-hybridized carbons (Fsp3) is 0.375. The van der Waals surface area contributed by atoms with Gasteiger partial charge in [-0.3, -0.25) is 39.0 Å². The maximum atomic E-state index is 14.0. The molecule has 2 aliphatic heterocycles. The second-order valence-corrected chi connectivity index (χ2v) is 11.6. The van der Waals surface area contributed by atoms with E-state index in [4.69, 9.17) is 4.74 Å². The molecule has 2 aliphatic rings. The Bertz CT molecular complexity index is 1700. The van der Waals surface area contributed by atoms with Gasteiger partial charge in [-0.2, -0.15) is 15.4 Å². The molecule has 1 fully saturated rings. The smallest absolute Gasteiger partial charge is 0.262 e. The Labute approximate surface area is 264 Å². The molecule has 0 aliphatic carbocycles. The molecule has 1 aromatic heterocycles. The molecule has 5 rings (SSSR count). The Morgan fingerprint density at radius 2 is 1.74 bits per heavy atom. The van der Waals surface area contributed by atoms with Crippen molar-refractivity contribution in [1.29, 1.82) is 0 Å². The molecule has 14 heteroatoms. The number of nitrogens with zero attached hydrogens (tertiary/aromatic N) is 4. The summed E-state index contributed by atoms with van der Waals surface area (Å²) in [5, 5.41) is 15.9. The van der Waals surface area contributed by atoms with Gasteiger partial charge < -0.3 is 15.0 Å². The summed E-state index contributed by atoms with van der Waals surface area (Å²) in [6.07, 6.45) is 0.582. The zero-order chi connectivity index (χ0) is 33.2. The van der Waals surface area contributed by atoms with Crippen molar-refractivity contribution in [2.24, 2.45) is 0 Å². The molecule has 14 nitrogen and oxygen atoms in total. The predicted octanol–water partition coefficient (Wildman–Crippen LogP) is 1.27. The van der Waals surface area contributed by atoms with E-state index in [9.17, 15) is 28.8 Å². The summed E-state index contributed by atoms with van der Waals surface area (Å²) in [5.41, 5.74) is 1.23. The number of carbonyl (C=O) groups excluding carboxylic acids is 6. The van der Waals surface area contributed by atoms with E-state index in [1.807, 2.05) is 51.1 Å². The molecule has 2 aromatic carbocycles. The van der Waals surface area contributed by atoms with Crippen LogP contribution in [0.5, 0.6) is 5.75 Å². The topological polar surface area (TPSA) is 184 Å². The number of aromatic nitrogens is 3. The van der Waals surface area contributed by atoms with E-state index in [1.54, 1.807) is 0 Å². The van der Waals surface area contributed by atoms with Crippen molar-refractivity contribution in [3.8, 4) is 5.75 Å². The molecule has 0 bridgehead atoms. The lowest BCUT2D eigenvalue weighted by Gasteiger charge is -2.41. The number of aromatic amines is 1. The van der Waals surface area contributed by atoms with Crippen LogP contribution in [0, 0.1) is 0 Å². The summed E-state index contributed by atoms with van der Waals surface area (Å²) in [6, 6.07) is 11.5. The van der Waals surface area contributed by atoms with Gasteiger partial charge in [-0.05, 0) is 36.6 Å². The fourth-order valence-electron chi connectivity index (χ4n) is 5.96. The van der Waals surface area contributed by atoms with Crippen LogP contribution in [0.25, 0.3) is 0 Å². The van der Waals surface area contributed by atoms with Crippen LogP contribution in [-0.2, 0) is 37.6 Å². The van der Waals surface area contributed by atoms with Crippen molar-refractivity contribution in [1.82, 2.24) is 35.8 Å². The molecule has 240 valence electrons. The van der Waals surface area contributed by atoms with Crippen molar-refractivity contribution in [3.05, 3.63) is 76.6 Å². The minimum Gasteiger partial charge on any atom is -0.484 e. The van der Waals surface area contributed by atoms with E-state index in [0.29, 0.717) is 17.8 Å². The summed E-state index contributed by atoms with van der Waals surface area (Å²) >= 11 is 0. The number of benzene rings is 2. The highest BCUT2D eigenvalue weighted by atomic mass is 16.5. The number of carbonyl (C=O) groups is 6. The van der Waals surface area contributed by atoms with Crippen LogP contribution < -0.4 is 15.4 Å². The van der Waals surface area contributed by atoms with E-state index in [-0.39, 0.29) is 42.2 Å². The highest BCUT2D eigenvalue weighted by molar-refractivity contribution is 6.23. The Morgan fingerprint density at radius 3 is 2.41 bits per heavy atom. The minimum atomic E-state index is -1.11. The molecular formula is C32H35N7O7. The summed E-state index contributed by atoms with van der Waals surface area (Å²) in [4.78, 5) is 80.1. The first kappa shape index (κ1) is 32.0. The van der Waals surface area contributed by atoms with Crippen molar-refractivity contribution >= 4 is 35.4 Å². The second kappa shape index (κ2) is 12.9. The molecular weight excluding hydrogens is 594 g/mol. The van der Waals surface area contributed by atoms with Gasteiger partial charge in [0.25, 0.3) is 17.7 Å². The lowest BCUT2D eigenvalue weighted by atomic mass is 9.76. The van der Waals surface area contributed by atoms with Crippen molar-refractivity contribution in [3.63, 3.8) is 0 Å². The number of hydrogen-bond donors (Lipinski definition) is 3. The minimum absolute atomic E-state index is 0.00298. The molecule has 6 amide bonds. The molecule has 3 heterocycles. The summed E-state index contributed by atoms with van der Waals surface area (Å²) in [7, 11) is 1.50. The van der Waals surface area contributed by atoms with Crippen LogP contribution in [0.15, 0.2) is 48.5 Å². The largest absolute Gasteiger partial charge is 0.484 e. The number of imide groups is 2. The molecule has 0 radical (unpaired) electrons. The lowest BCUT2D eigenvalue weighted by molar-refractivity contribution is -0.145. The molecule has 0 spiro atoms. The average molecular weight is 630 g/mol. The van der Waals surface area contributed by atoms with Crippen molar-refractivity contribution < 1.29 is 33.5 Å². The van der Waals surface area contributed by atoms with Crippen LogP contribution in [0.3, 0.4) is 0 Å². The van der Waals surface area contributed by atoms with Gasteiger partial charge in [0.15, 0.2) is 6.61 Å². The summed E-state index contributed by atoms with van der Waals surface area (Å²) in [6.45, 7) is 5.13. The number of nitrogens with one attached hydrogen (secondary N) is 3. The average Bonchev–Trinajstić information content (AvgIpc) is 3.60. The van der Waals surface area contributed by atoms with Gasteiger partial charge in [0, 0.05) is 18.9 Å². The van der Waals surface area contributed by atoms with Gasteiger partial charge in [0.1, 0.15) is 23.5 Å². The van der Waals surface area contributed by atoms with Gasteiger partial charge in [-0.15, -0.1) is 0 Å². The zero-order valence-corrected chi connectivity index (χ0v) is 26.0. The van der Waals surface area contributed by atoms with E-state index < -0.39 is 53.6 Å². The van der Waals surface area contributed by atoms with Gasteiger partial charge in [-0.25, -0.2) is 0 Å². The Morgan fingerprint density at radius 1 is 1.04 bits per heavy atom. The van der Waals surface area contributed by atoms with Gasteiger partial charge in [0.2, 0.25) is 17.7 Å². The molecule has 1 saturated heterocycles. The number of piperidine rings is 1. The van der Waals surface area contributed by atoms with Crippen molar-refractivity contribution in [2.75, 3.05) is 13.7 Å². The SMILES string of the molecule is CCc1n[nH]nc1CN(C(=O)COc1ccc2c(c1)C(=O)N(C1CCC(=O)NC1=O)C2=O)C(C(=O)NC)C(C)(C)c1ccccc1. The van der Waals surface area contributed by atoms with E-state index in [2.05, 4.69) is 26.0 Å². The predicted molar refractivity (Wildman–Crippen MR) is 162 cm³/mol. The third-order valence-electron chi connectivity index (χ3n) is 8.46. The number of H-pyrrole nitrogens is 1. The first-order chi connectivity index (χ1) is 22.0. The third-order valence-corrected chi connectivity index (χ3v) is 8.46. The number of ether oxygens (including phenoxy) is 1. The maximum absolute atomic E-state index is 14.0. The Kier molecular flexibility index (Phi) is 8.98. The molecule has 3 aromatic rings. The number of amides is 6. The molecule has 2 unspecified atom stereocenters. The van der Waals surface area contributed by atoms with Gasteiger partial charge in [-0.1, -0.05) is 51.1 Å². The monoisotopic (exact) mass is 629 g/mol. The number of aryl methyl sites for hydroxylation is 1. The molecule has 2 atom stereocenters. The number of likely N-dealkylation sites (N-methyl/N-ethyl adjacent to an activating group) is 1. The van der Waals surface area contributed by atoms with Crippen LogP contribution in [0.2, 0.25) is 0 Å². The normalized spacial score (nSPS) is 17.0. The summed E-state index contributed by atoms with van der Waals surface area (Å²) in [5.74, 6) is -3.32. The van der Waals surface area contributed by atoms with E-state index in [1.165, 1.54) is 30.1 Å². The summed E-state index contributed by atoms with van der Waals surface area (Å²) < 4.78 is 5.86. The van der Waals surface area contributed by atoms with Crippen LogP contribution >= 0.6 is 0 Å². The van der Waals surface area contributed by atoms with E-state index >= 15 is 0 Å². The molecule has 0 saturated carbocycles. The number of hydrogen-bond acceptors (Lipinski definition) is 9. The number of fused-ring (bicyclic) bond motifs is 1. The highest BCUT2D eigenvalue weighted by Crippen LogP contribution is 2.33.